The highest BCUT2D eigenvalue weighted by Gasteiger charge is 2.16. The van der Waals surface area contributed by atoms with Gasteiger partial charge in [-0.05, 0) is 32.2 Å². The van der Waals surface area contributed by atoms with Gasteiger partial charge in [0.15, 0.2) is 0 Å². The Labute approximate surface area is 76.9 Å². The van der Waals surface area contributed by atoms with E-state index in [4.69, 9.17) is 5.73 Å². The maximum atomic E-state index is 5.59. The first-order chi connectivity index (χ1) is 5.27. The molecule has 0 aromatic carbocycles. The Morgan fingerprint density at radius 3 is 1.92 bits per heavy atom. The Hall–Kier alpha value is -0.0800. The second kappa shape index (κ2) is 4.24. The van der Waals surface area contributed by atoms with Gasteiger partial charge in [0.05, 0.1) is 0 Å². The molecular formula is C10H24N2. The zero-order valence-electron chi connectivity index (χ0n) is 9.20. The minimum absolute atomic E-state index is 0.0885. The molecule has 0 atom stereocenters. The van der Waals surface area contributed by atoms with E-state index in [0.717, 1.165) is 6.54 Å². The third-order valence-corrected chi connectivity index (χ3v) is 1.99. The van der Waals surface area contributed by atoms with E-state index in [9.17, 15) is 0 Å². The molecule has 2 heteroatoms. The molecule has 0 aliphatic carbocycles. The second-order valence-corrected chi connectivity index (χ2v) is 5.33. The molecule has 0 saturated heterocycles. The quantitative estimate of drug-likeness (QED) is 0.678. The van der Waals surface area contributed by atoms with E-state index in [0.29, 0.717) is 12.0 Å². The summed E-state index contributed by atoms with van der Waals surface area (Å²) in [5, 5.41) is 3.44. The number of hydrogen-bond donors (Lipinski definition) is 2. The van der Waals surface area contributed by atoms with E-state index < -0.39 is 0 Å². The van der Waals surface area contributed by atoms with Crippen LogP contribution in [-0.2, 0) is 0 Å². The van der Waals surface area contributed by atoms with Crippen molar-refractivity contribution in [3.05, 3.63) is 0 Å². The molecule has 0 aliphatic rings. The van der Waals surface area contributed by atoms with E-state index in [-0.39, 0.29) is 5.54 Å². The van der Waals surface area contributed by atoms with Crippen molar-refractivity contribution in [2.45, 2.75) is 46.6 Å². The number of hydrogen-bond acceptors (Lipinski definition) is 2. The zero-order valence-corrected chi connectivity index (χ0v) is 9.20. The maximum absolute atomic E-state index is 5.59. The Balaban J connectivity index is 3.57. The number of rotatable bonds is 4. The summed E-state index contributed by atoms with van der Waals surface area (Å²) in [6.07, 6.45) is 1.19. The van der Waals surface area contributed by atoms with Crippen molar-refractivity contribution >= 4 is 0 Å². The molecule has 74 valence electrons. The van der Waals surface area contributed by atoms with Crippen LogP contribution in [-0.4, -0.2) is 18.6 Å². The van der Waals surface area contributed by atoms with Crippen LogP contribution >= 0.6 is 0 Å². The first-order valence-corrected chi connectivity index (χ1v) is 4.72. The van der Waals surface area contributed by atoms with Gasteiger partial charge in [-0.2, -0.15) is 0 Å². The van der Waals surface area contributed by atoms with Gasteiger partial charge < -0.3 is 11.1 Å². The summed E-state index contributed by atoms with van der Waals surface area (Å²) in [5.41, 5.74) is 6.10. The topological polar surface area (TPSA) is 38.0 Å². The Morgan fingerprint density at radius 2 is 1.58 bits per heavy atom. The lowest BCUT2D eigenvalue weighted by Crippen LogP contribution is -2.46. The normalized spacial score (nSPS) is 13.5. The highest BCUT2D eigenvalue weighted by molar-refractivity contribution is 4.78. The highest BCUT2D eigenvalue weighted by atomic mass is 15.0. The van der Waals surface area contributed by atoms with Crippen LogP contribution in [0.3, 0.4) is 0 Å². The van der Waals surface area contributed by atoms with Crippen molar-refractivity contribution in [3.63, 3.8) is 0 Å². The highest BCUT2D eigenvalue weighted by Crippen LogP contribution is 2.17. The fourth-order valence-corrected chi connectivity index (χ4v) is 0.848. The van der Waals surface area contributed by atoms with Crippen LogP contribution in [0.2, 0.25) is 0 Å². The summed E-state index contributed by atoms with van der Waals surface area (Å²) in [7, 11) is 0. The monoisotopic (exact) mass is 172 g/mol. The van der Waals surface area contributed by atoms with Gasteiger partial charge in [-0.15, -0.1) is 0 Å². The first kappa shape index (κ1) is 11.9. The molecule has 0 saturated carbocycles. The molecule has 0 unspecified atom stereocenters. The van der Waals surface area contributed by atoms with Crippen LogP contribution in [0.15, 0.2) is 0 Å². The van der Waals surface area contributed by atoms with Crippen LogP contribution in [0.25, 0.3) is 0 Å². The molecule has 0 aromatic heterocycles. The van der Waals surface area contributed by atoms with Crippen LogP contribution in [0.5, 0.6) is 0 Å². The van der Waals surface area contributed by atoms with Crippen molar-refractivity contribution in [1.29, 1.82) is 0 Å². The molecule has 0 rings (SSSR count). The van der Waals surface area contributed by atoms with E-state index in [1.807, 2.05) is 0 Å². The van der Waals surface area contributed by atoms with Gasteiger partial charge in [-0.3, -0.25) is 0 Å². The summed E-state index contributed by atoms with van der Waals surface area (Å²) < 4.78 is 0. The van der Waals surface area contributed by atoms with Gasteiger partial charge in [0.2, 0.25) is 0 Å². The van der Waals surface area contributed by atoms with Crippen molar-refractivity contribution < 1.29 is 0 Å². The zero-order chi connectivity index (χ0) is 9.83. The molecular weight excluding hydrogens is 148 g/mol. The molecule has 0 radical (unpaired) electrons. The molecule has 0 fully saturated rings. The van der Waals surface area contributed by atoms with Gasteiger partial charge in [-0.1, -0.05) is 20.8 Å². The van der Waals surface area contributed by atoms with Gasteiger partial charge in [-0.25, -0.2) is 0 Å². The minimum Gasteiger partial charge on any atom is -0.329 e. The van der Waals surface area contributed by atoms with E-state index >= 15 is 0 Å². The van der Waals surface area contributed by atoms with Gasteiger partial charge in [0.1, 0.15) is 0 Å². The van der Waals surface area contributed by atoms with Crippen molar-refractivity contribution in [1.82, 2.24) is 5.32 Å². The van der Waals surface area contributed by atoms with Crippen LogP contribution in [0.4, 0.5) is 0 Å². The molecule has 0 amide bonds. The molecule has 0 spiro atoms. The predicted octanol–water partition coefficient (Wildman–Crippen LogP) is 1.75. The lowest BCUT2D eigenvalue weighted by molar-refractivity contribution is 0.323. The Morgan fingerprint density at radius 1 is 1.08 bits per heavy atom. The van der Waals surface area contributed by atoms with Crippen molar-refractivity contribution in [2.75, 3.05) is 13.1 Å². The largest absolute Gasteiger partial charge is 0.329 e. The average Bonchev–Trinajstić information content (AvgIpc) is 1.84. The van der Waals surface area contributed by atoms with E-state index in [2.05, 4.69) is 39.9 Å². The van der Waals surface area contributed by atoms with Crippen molar-refractivity contribution in [3.8, 4) is 0 Å². The number of nitrogens with one attached hydrogen (secondary N) is 1. The van der Waals surface area contributed by atoms with Crippen molar-refractivity contribution in [2.24, 2.45) is 11.1 Å². The second-order valence-electron chi connectivity index (χ2n) is 5.33. The van der Waals surface area contributed by atoms with Gasteiger partial charge in [0.25, 0.3) is 0 Å². The summed E-state index contributed by atoms with van der Waals surface area (Å²) in [5.74, 6) is 0. The molecule has 0 bridgehead atoms. The van der Waals surface area contributed by atoms with Gasteiger partial charge >= 0.3 is 0 Å². The van der Waals surface area contributed by atoms with Gasteiger partial charge in [0, 0.05) is 12.1 Å². The summed E-state index contributed by atoms with van der Waals surface area (Å²) >= 11 is 0. The van der Waals surface area contributed by atoms with Crippen LogP contribution in [0.1, 0.15) is 41.0 Å². The molecule has 0 aliphatic heterocycles. The smallest absolute Gasteiger partial charge is 0.0247 e. The standard InChI is InChI=1S/C10H24N2/c1-9(2,3)6-7-12-10(4,5)8-11/h12H,6-8,11H2,1-5H3. The summed E-state index contributed by atoms with van der Waals surface area (Å²) in [6.45, 7) is 12.8. The van der Waals surface area contributed by atoms with Crippen LogP contribution < -0.4 is 11.1 Å². The number of nitrogens with two attached hydrogens (primary N) is 1. The molecule has 0 aromatic rings. The predicted molar refractivity (Wildman–Crippen MR) is 55.2 cm³/mol. The molecule has 2 nitrogen and oxygen atoms in total. The summed E-state index contributed by atoms with van der Waals surface area (Å²) in [4.78, 5) is 0. The third-order valence-electron chi connectivity index (χ3n) is 1.99. The first-order valence-electron chi connectivity index (χ1n) is 4.72. The SMILES string of the molecule is CC(C)(C)CCNC(C)(C)CN. The third kappa shape index (κ3) is 6.62. The lowest BCUT2D eigenvalue weighted by Gasteiger charge is -2.27. The fourth-order valence-electron chi connectivity index (χ4n) is 0.848. The Bertz CT molecular complexity index is 122. The summed E-state index contributed by atoms with van der Waals surface area (Å²) in [6, 6.07) is 0. The average molecular weight is 172 g/mol. The molecule has 12 heavy (non-hydrogen) atoms. The van der Waals surface area contributed by atoms with Crippen LogP contribution in [0, 0.1) is 5.41 Å². The molecule has 0 heterocycles. The van der Waals surface area contributed by atoms with E-state index in [1.165, 1.54) is 6.42 Å². The minimum atomic E-state index is 0.0885. The maximum Gasteiger partial charge on any atom is 0.0247 e. The molecule has 3 N–H and O–H groups in total. The Kier molecular flexibility index (Phi) is 4.21. The van der Waals surface area contributed by atoms with E-state index in [1.54, 1.807) is 0 Å². The fraction of sp³-hybridized carbons (Fsp3) is 1.00. The lowest BCUT2D eigenvalue weighted by atomic mass is 9.92.